The highest BCUT2D eigenvalue weighted by Crippen LogP contribution is 2.32. The van der Waals surface area contributed by atoms with Gasteiger partial charge < -0.3 is 10.1 Å². The van der Waals surface area contributed by atoms with Gasteiger partial charge in [0.15, 0.2) is 5.60 Å². The largest absolute Gasteiger partial charge is 0.445 e. The Labute approximate surface area is 157 Å². The number of nitro groups is 1. The molecule has 1 N–H and O–H groups in total. The first-order valence-corrected chi connectivity index (χ1v) is 8.57. The molecule has 0 spiro atoms. The first-order valence-electron chi connectivity index (χ1n) is 7.78. The number of ether oxygens (including phenoxy) is 1. The van der Waals surface area contributed by atoms with Crippen LogP contribution in [0.2, 0.25) is 0 Å². The van der Waals surface area contributed by atoms with Gasteiger partial charge in [0.2, 0.25) is 0 Å². The van der Waals surface area contributed by atoms with Crippen LogP contribution in [-0.2, 0) is 16.0 Å². The molecule has 0 saturated heterocycles. The molecule has 134 valence electrons. The predicted octanol–water partition coefficient (Wildman–Crippen LogP) is 3.78. The average Bonchev–Trinajstić information content (AvgIpc) is 2.55. The molecular formula is C18H15BrN2O5. The number of fused-ring (bicyclic) bond motifs is 1. The average molecular weight is 419 g/mol. The lowest BCUT2D eigenvalue weighted by Gasteiger charge is -2.33. The number of hydrogen-bond acceptors (Lipinski definition) is 5. The van der Waals surface area contributed by atoms with E-state index < -0.39 is 22.4 Å². The molecule has 0 aromatic heterocycles. The number of benzene rings is 2. The van der Waals surface area contributed by atoms with E-state index in [1.54, 1.807) is 13.0 Å². The van der Waals surface area contributed by atoms with Gasteiger partial charge in [-0.2, -0.15) is 0 Å². The lowest BCUT2D eigenvalue weighted by molar-refractivity contribution is -0.384. The molecule has 8 heteroatoms. The summed E-state index contributed by atoms with van der Waals surface area (Å²) in [4.78, 5) is 35.3. The van der Waals surface area contributed by atoms with Crippen molar-refractivity contribution in [1.82, 2.24) is 0 Å². The van der Waals surface area contributed by atoms with Crippen LogP contribution in [0.15, 0.2) is 40.9 Å². The fourth-order valence-corrected chi connectivity index (χ4v) is 3.29. The van der Waals surface area contributed by atoms with Crippen LogP contribution < -0.4 is 5.32 Å². The van der Waals surface area contributed by atoms with Gasteiger partial charge in [-0.05, 0) is 47.5 Å². The van der Waals surface area contributed by atoms with Crippen molar-refractivity contribution in [1.29, 1.82) is 0 Å². The number of carbonyl (C=O) groups is 2. The third kappa shape index (κ3) is 3.32. The van der Waals surface area contributed by atoms with Crippen molar-refractivity contribution >= 4 is 39.2 Å². The summed E-state index contributed by atoms with van der Waals surface area (Å²) >= 11 is 3.21. The smallest absolute Gasteiger partial charge is 0.339 e. The van der Waals surface area contributed by atoms with E-state index in [4.69, 9.17) is 4.74 Å². The lowest BCUT2D eigenvalue weighted by atomic mass is 9.88. The van der Waals surface area contributed by atoms with E-state index in [9.17, 15) is 19.7 Å². The van der Waals surface area contributed by atoms with Crippen LogP contribution in [0.5, 0.6) is 0 Å². The SMILES string of the molecule is Cc1ccc2c(c1)CC(C)(C(=O)Nc1ccc([N+](=O)[O-])cc1Br)OC2=O. The minimum absolute atomic E-state index is 0.102. The summed E-state index contributed by atoms with van der Waals surface area (Å²) in [5, 5.41) is 13.5. The lowest BCUT2D eigenvalue weighted by Crippen LogP contribution is -2.49. The molecule has 1 heterocycles. The third-order valence-electron chi connectivity index (χ3n) is 4.22. The summed E-state index contributed by atoms with van der Waals surface area (Å²) in [6, 6.07) is 9.38. The van der Waals surface area contributed by atoms with Crippen LogP contribution in [-0.4, -0.2) is 22.4 Å². The summed E-state index contributed by atoms with van der Waals surface area (Å²) in [6.07, 6.45) is 0.242. The molecule has 1 atom stereocenters. The number of cyclic esters (lactones) is 1. The van der Waals surface area contributed by atoms with Gasteiger partial charge in [0.1, 0.15) is 0 Å². The molecule has 3 rings (SSSR count). The van der Waals surface area contributed by atoms with Gasteiger partial charge in [0.25, 0.3) is 11.6 Å². The molecule has 0 radical (unpaired) electrons. The van der Waals surface area contributed by atoms with Gasteiger partial charge in [-0.1, -0.05) is 17.7 Å². The Kier molecular flexibility index (Phi) is 4.53. The maximum Gasteiger partial charge on any atom is 0.339 e. The zero-order valence-corrected chi connectivity index (χ0v) is 15.6. The molecular weight excluding hydrogens is 404 g/mol. The van der Waals surface area contributed by atoms with Crippen LogP contribution in [0.3, 0.4) is 0 Å². The summed E-state index contributed by atoms with van der Waals surface area (Å²) in [7, 11) is 0. The highest BCUT2D eigenvalue weighted by molar-refractivity contribution is 9.10. The minimum atomic E-state index is -1.38. The van der Waals surface area contributed by atoms with Crippen molar-refractivity contribution in [2.45, 2.75) is 25.9 Å². The number of halogens is 1. The zero-order chi connectivity index (χ0) is 19.1. The van der Waals surface area contributed by atoms with Gasteiger partial charge in [-0.25, -0.2) is 4.79 Å². The summed E-state index contributed by atoms with van der Waals surface area (Å²) in [6.45, 7) is 3.45. The Hall–Kier alpha value is -2.74. The van der Waals surface area contributed by atoms with Crippen LogP contribution in [0.4, 0.5) is 11.4 Å². The van der Waals surface area contributed by atoms with Crippen molar-refractivity contribution in [2.24, 2.45) is 0 Å². The molecule has 1 unspecified atom stereocenters. The first kappa shape index (κ1) is 18.1. The monoisotopic (exact) mass is 418 g/mol. The second kappa shape index (κ2) is 6.53. The molecule has 1 aliphatic rings. The molecule has 0 fully saturated rings. The number of aryl methyl sites for hydroxylation is 1. The summed E-state index contributed by atoms with van der Waals surface area (Å²) < 4.78 is 5.76. The normalized spacial score (nSPS) is 18.7. The Bertz CT molecular complexity index is 943. The molecule has 0 bridgehead atoms. The van der Waals surface area contributed by atoms with E-state index in [-0.39, 0.29) is 12.1 Å². The van der Waals surface area contributed by atoms with Crippen LogP contribution in [0, 0.1) is 17.0 Å². The van der Waals surface area contributed by atoms with E-state index in [1.165, 1.54) is 18.2 Å². The van der Waals surface area contributed by atoms with Gasteiger partial charge in [0, 0.05) is 23.0 Å². The molecule has 1 aliphatic heterocycles. The highest BCUT2D eigenvalue weighted by Gasteiger charge is 2.42. The van der Waals surface area contributed by atoms with Gasteiger partial charge in [-0.3, -0.25) is 14.9 Å². The summed E-state index contributed by atoms with van der Waals surface area (Å²) in [5.74, 6) is -1.06. The third-order valence-corrected chi connectivity index (χ3v) is 4.87. The van der Waals surface area contributed by atoms with Crippen molar-refractivity contribution < 1.29 is 19.2 Å². The molecule has 0 aliphatic carbocycles. The Balaban J connectivity index is 1.86. The number of hydrogen-bond donors (Lipinski definition) is 1. The topological polar surface area (TPSA) is 98.5 Å². The van der Waals surface area contributed by atoms with Crippen molar-refractivity contribution in [2.75, 3.05) is 5.32 Å². The Morgan fingerprint density at radius 3 is 2.69 bits per heavy atom. The molecule has 1 amide bonds. The van der Waals surface area contributed by atoms with Gasteiger partial charge >= 0.3 is 5.97 Å². The molecule has 2 aromatic rings. The van der Waals surface area contributed by atoms with Crippen molar-refractivity contribution in [3.63, 3.8) is 0 Å². The van der Waals surface area contributed by atoms with E-state index in [1.807, 2.05) is 19.1 Å². The van der Waals surface area contributed by atoms with Gasteiger partial charge in [-0.15, -0.1) is 0 Å². The number of nitrogens with zero attached hydrogens (tertiary/aromatic N) is 1. The molecule has 26 heavy (non-hydrogen) atoms. The van der Waals surface area contributed by atoms with Crippen LogP contribution >= 0.6 is 15.9 Å². The number of anilines is 1. The molecule has 2 aromatic carbocycles. The van der Waals surface area contributed by atoms with Crippen molar-refractivity contribution in [3.8, 4) is 0 Å². The van der Waals surface area contributed by atoms with E-state index in [0.29, 0.717) is 15.7 Å². The first-order chi connectivity index (χ1) is 12.2. The number of amides is 1. The van der Waals surface area contributed by atoms with E-state index in [0.717, 1.165) is 11.1 Å². The summed E-state index contributed by atoms with van der Waals surface area (Å²) in [5.41, 5.74) is 1.07. The number of rotatable bonds is 3. The predicted molar refractivity (Wildman–Crippen MR) is 98.1 cm³/mol. The van der Waals surface area contributed by atoms with Gasteiger partial charge in [0.05, 0.1) is 16.2 Å². The second-order valence-corrected chi connectivity index (χ2v) is 7.19. The van der Waals surface area contributed by atoms with E-state index in [2.05, 4.69) is 21.2 Å². The molecule has 0 saturated carbocycles. The minimum Gasteiger partial charge on any atom is -0.445 e. The van der Waals surface area contributed by atoms with Crippen LogP contribution in [0.25, 0.3) is 0 Å². The Morgan fingerprint density at radius 1 is 1.31 bits per heavy atom. The standard InChI is InChI=1S/C18H15BrN2O5/c1-10-3-5-13-11(7-10)9-18(2,26-16(13)22)17(23)20-15-6-4-12(21(24)25)8-14(15)19/h3-8H,9H2,1-2H3,(H,20,23). The molecule has 7 nitrogen and oxygen atoms in total. The number of nitro benzene ring substituents is 1. The van der Waals surface area contributed by atoms with Crippen LogP contribution in [0.1, 0.15) is 28.4 Å². The quantitative estimate of drug-likeness (QED) is 0.464. The fourth-order valence-electron chi connectivity index (χ4n) is 2.83. The Morgan fingerprint density at radius 2 is 2.04 bits per heavy atom. The number of non-ortho nitro benzene ring substituents is 1. The zero-order valence-electron chi connectivity index (χ0n) is 14.0. The fraction of sp³-hybridized carbons (Fsp3) is 0.222. The number of carbonyl (C=O) groups excluding carboxylic acids is 2. The second-order valence-electron chi connectivity index (χ2n) is 6.33. The highest BCUT2D eigenvalue weighted by atomic mass is 79.9. The van der Waals surface area contributed by atoms with Crippen molar-refractivity contribution in [3.05, 3.63) is 67.7 Å². The van der Waals surface area contributed by atoms with E-state index >= 15 is 0 Å². The number of esters is 1. The number of nitrogens with one attached hydrogen (secondary N) is 1. The maximum atomic E-state index is 12.8. The maximum absolute atomic E-state index is 12.8.